The minimum atomic E-state index is -0.585. The summed E-state index contributed by atoms with van der Waals surface area (Å²) >= 11 is 5.93. The Bertz CT molecular complexity index is 317. The third-order valence-electron chi connectivity index (χ3n) is 2.57. The van der Waals surface area contributed by atoms with Gasteiger partial charge < -0.3 is 14.6 Å². The fraction of sp³-hybridized carbons (Fsp3) is 0.500. The van der Waals surface area contributed by atoms with E-state index in [1.807, 2.05) is 30.3 Å². The normalized spacial score (nSPS) is 30.2. The predicted molar refractivity (Wildman–Crippen MR) is 61.2 cm³/mol. The summed E-state index contributed by atoms with van der Waals surface area (Å²) in [6, 6.07) is 9.89. The van der Waals surface area contributed by atoms with Crippen LogP contribution in [0, 0.1) is 0 Å². The van der Waals surface area contributed by atoms with Crippen molar-refractivity contribution in [1.29, 1.82) is 0 Å². The topological polar surface area (TPSA) is 38.7 Å². The van der Waals surface area contributed by atoms with Gasteiger partial charge in [0.05, 0.1) is 24.7 Å². The third-order valence-corrected chi connectivity index (χ3v) is 3.04. The van der Waals surface area contributed by atoms with E-state index in [1.165, 1.54) is 0 Å². The van der Waals surface area contributed by atoms with Crippen LogP contribution in [0.25, 0.3) is 0 Å². The molecule has 1 fully saturated rings. The Balaban J connectivity index is 1.79. The smallest absolute Gasteiger partial charge is 0.159 e. The van der Waals surface area contributed by atoms with Crippen molar-refractivity contribution in [3.8, 4) is 0 Å². The molecule has 1 N–H and O–H groups in total. The summed E-state index contributed by atoms with van der Waals surface area (Å²) < 4.78 is 10.9. The third kappa shape index (κ3) is 3.19. The van der Waals surface area contributed by atoms with Crippen LogP contribution < -0.4 is 0 Å². The van der Waals surface area contributed by atoms with E-state index in [2.05, 4.69) is 0 Å². The van der Waals surface area contributed by atoms with E-state index in [1.54, 1.807) is 0 Å². The lowest BCUT2D eigenvalue weighted by Crippen LogP contribution is -2.39. The number of rotatable bonds is 3. The van der Waals surface area contributed by atoms with Crippen molar-refractivity contribution in [3.63, 3.8) is 0 Å². The van der Waals surface area contributed by atoms with Crippen LogP contribution in [0.15, 0.2) is 30.3 Å². The molecule has 0 spiro atoms. The second kappa shape index (κ2) is 5.64. The van der Waals surface area contributed by atoms with Gasteiger partial charge >= 0.3 is 0 Å². The zero-order valence-electron chi connectivity index (χ0n) is 8.88. The zero-order chi connectivity index (χ0) is 11.4. The van der Waals surface area contributed by atoms with Crippen LogP contribution in [0.4, 0.5) is 0 Å². The Kier molecular flexibility index (Phi) is 4.18. The molecule has 16 heavy (non-hydrogen) atoms. The summed E-state index contributed by atoms with van der Waals surface area (Å²) in [5, 5.41) is 9.09. The molecule has 0 unspecified atom stereocenters. The van der Waals surface area contributed by atoms with Gasteiger partial charge in [0.2, 0.25) is 0 Å². The minimum Gasteiger partial charge on any atom is -0.389 e. The van der Waals surface area contributed by atoms with E-state index in [4.69, 9.17) is 21.1 Å². The van der Waals surface area contributed by atoms with Crippen LogP contribution in [0.5, 0.6) is 0 Å². The van der Waals surface area contributed by atoms with E-state index in [0.717, 1.165) is 5.56 Å². The molecule has 88 valence electrons. The zero-order valence-corrected chi connectivity index (χ0v) is 9.64. The summed E-state index contributed by atoms with van der Waals surface area (Å²) in [6.45, 7) is 0.749. The van der Waals surface area contributed by atoms with Crippen LogP contribution in [0.3, 0.4) is 0 Å². The molecule has 0 bridgehead atoms. The molecule has 0 aromatic heterocycles. The van der Waals surface area contributed by atoms with Gasteiger partial charge in [-0.25, -0.2) is 0 Å². The van der Waals surface area contributed by atoms with E-state index in [-0.39, 0.29) is 18.3 Å². The first-order valence-electron chi connectivity index (χ1n) is 5.35. The number of halogens is 1. The Morgan fingerprint density at radius 2 is 2.12 bits per heavy atom. The summed E-state index contributed by atoms with van der Waals surface area (Å²) in [6.07, 6.45) is -0.375. The van der Waals surface area contributed by atoms with Gasteiger partial charge in [-0.2, -0.15) is 0 Å². The molecule has 1 aromatic rings. The molecule has 0 saturated carbocycles. The van der Waals surface area contributed by atoms with Gasteiger partial charge in [-0.1, -0.05) is 30.3 Å². The van der Waals surface area contributed by atoms with Crippen molar-refractivity contribution in [2.24, 2.45) is 0 Å². The highest BCUT2D eigenvalue weighted by atomic mass is 35.5. The minimum absolute atomic E-state index is 0.244. The average Bonchev–Trinajstić information content (AvgIpc) is 2.32. The lowest BCUT2D eigenvalue weighted by atomic mass is 10.1. The van der Waals surface area contributed by atoms with Crippen molar-refractivity contribution < 1.29 is 14.6 Å². The molecule has 1 saturated heterocycles. The average molecular weight is 243 g/mol. The summed E-state index contributed by atoms with van der Waals surface area (Å²) in [5.74, 6) is 0. The van der Waals surface area contributed by atoms with E-state index >= 15 is 0 Å². The van der Waals surface area contributed by atoms with Crippen LogP contribution >= 0.6 is 11.6 Å². The summed E-state index contributed by atoms with van der Waals surface area (Å²) in [7, 11) is 0. The Morgan fingerprint density at radius 3 is 2.81 bits per heavy atom. The van der Waals surface area contributed by atoms with Gasteiger partial charge in [-0.3, -0.25) is 0 Å². The molecule has 0 radical (unpaired) electrons. The van der Waals surface area contributed by atoms with Crippen molar-refractivity contribution in [1.82, 2.24) is 0 Å². The van der Waals surface area contributed by atoms with Gasteiger partial charge in [0.1, 0.15) is 0 Å². The molecule has 1 aromatic carbocycles. The SMILES string of the molecule is O[C@H]1CO[C@@H](OCc2ccccc2)C[C@@H]1Cl. The summed E-state index contributed by atoms with van der Waals surface area (Å²) in [4.78, 5) is 0. The number of ether oxygens (including phenoxy) is 2. The number of benzene rings is 1. The van der Waals surface area contributed by atoms with E-state index in [9.17, 15) is 5.11 Å². The Morgan fingerprint density at radius 1 is 1.38 bits per heavy atom. The number of aliphatic hydroxyl groups excluding tert-OH is 1. The Labute approximate surface area is 99.9 Å². The molecule has 1 aliphatic rings. The maximum absolute atomic E-state index is 9.37. The van der Waals surface area contributed by atoms with Gasteiger partial charge in [-0.15, -0.1) is 11.6 Å². The molecule has 4 heteroatoms. The van der Waals surface area contributed by atoms with Gasteiger partial charge in [0, 0.05) is 6.42 Å². The Hall–Kier alpha value is -0.610. The number of aliphatic hydroxyl groups is 1. The first-order chi connectivity index (χ1) is 7.75. The van der Waals surface area contributed by atoms with Crippen molar-refractivity contribution in [3.05, 3.63) is 35.9 Å². The quantitative estimate of drug-likeness (QED) is 0.823. The van der Waals surface area contributed by atoms with Crippen LogP contribution in [-0.4, -0.2) is 29.5 Å². The molecule has 1 heterocycles. The molecule has 0 amide bonds. The first-order valence-corrected chi connectivity index (χ1v) is 5.78. The fourth-order valence-corrected chi connectivity index (χ4v) is 1.82. The van der Waals surface area contributed by atoms with Gasteiger partial charge in [0.15, 0.2) is 6.29 Å². The lowest BCUT2D eigenvalue weighted by Gasteiger charge is -2.29. The highest BCUT2D eigenvalue weighted by molar-refractivity contribution is 6.21. The molecule has 3 nitrogen and oxygen atoms in total. The standard InChI is InChI=1S/C12H15ClO3/c13-10-6-12(16-8-11(10)14)15-7-9-4-2-1-3-5-9/h1-5,10-12,14H,6-8H2/t10-,11-,12+/m0/s1. The second-order valence-corrected chi connectivity index (χ2v) is 4.44. The maximum atomic E-state index is 9.37. The number of alkyl halides is 1. The number of hydrogen-bond donors (Lipinski definition) is 1. The molecular formula is C12H15ClO3. The van der Waals surface area contributed by atoms with Crippen molar-refractivity contribution in [2.45, 2.75) is 30.8 Å². The van der Waals surface area contributed by atoms with Crippen LogP contribution in [0.1, 0.15) is 12.0 Å². The molecule has 1 aliphatic heterocycles. The number of hydrogen-bond acceptors (Lipinski definition) is 3. The molecule has 2 rings (SSSR count). The van der Waals surface area contributed by atoms with Crippen LogP contribution in [0.2, 0.25) is 0 Å². The monoisotopic (exact) mass is 242 g/mol. The van der Waals surface area contributed by atoms with Gasteiger partial charge in [-0.05, 0) is 5.56 Å². The lowest BCUT2D eigenvalue weighted by molar-refractivity contribution is -0.190. The first kappa shape index (κ1) is 11.9. The highest BCUT2D eigenvalue weighted by Crippen LogP contribution is 2.21. The molecule has 3 atom stereocenters. The van der Waals surface area contributed by atoms with E-state index < -0.39 is 6.10 Å². The summed E-state index contributed by atoms with van der Waals surface area (Å²) in [5.41, 5.74) is 1.10. The van der Waals surface area contributed by atoms with E-state index in [0.29, 0.717) is 13.0 Å². The van der Waals surface area contributed by atoms with Gasteiger partial charge in [0.25, 0.3) is 0 Å². The molecule has 0 aliphatic carbocycles. The second-order valence-electron chi connectivity index (χ2n) is 3.88. The van der Waals surface area contributed by atoms with Crippen molar-refractivity contribution in [2.75, 3.05) is 6.61 Å². The molecular weight excluding hydrogens is 228 g/mol. The predicted octanol–water partition coefficient (Wildman–Crippen LogP) is 1.92. The maximum Gasteiger partial charge on any atom is 0.159 e. The van der Waals surface area contributed by atoms with Crippen molar-refractivity contribution >= 4 is 11.6 Å². The fourth-order valence-electron chi connectivity index (χ4n) is 1.60. The highest BCUT2D eigenvalue weighted by Gasteiger charge is 2.28. The van der Waals surface area contributed by atoms with Crippen LogP contribution in [-0.2, 0) is 16.1 Å². The largest absolute Gasteiger partial charge is 0.389 e.